The van der Waals surface area contributed by atoms with Gasteiger partial charge in [0.1, 0.15) is 11.4 Å². The van der Waals surface area contributed by atoms with Crippen LogP contribution in [0.4, 0.5) is 24.7 Å². The van der Waals surface area contributed by atoms with Crippen molar-refractivity contribution in [2.75, 3.05) is 29.9 Å². The minimum absolute atomic E-state index is 0.0480. The van der Waals surface area contributed by atoms with Crippen molar-refractivity contribution in [1.29, 1.82) is 0 Å². The third-order valence-electron chi connectivity index (χ3n) is 5.88. The molecule has 174 valence electrons. The van der Waals surface area contributed by atoms with Crippen molar-refractivity contribution in [3.63, 3.8) is 0 Å². The van der Waals surface area contributed by atoms with Crippen LogP contribution in [0.5, 0.6) is 0 Å². The van der Waals surface area contributed by atoms with Gasteiger partial charge in [0.2, 0.25) is 5.88 Å². The molecule has 2 heterocycles. The van der Waals surface area contributed by atoms with E-state index >= 15 is 0 Å². The Bertz CT molecular complexity index is 1260. The smallest absolute Gasteiger partial charge is 0.337 e. The molecule has 4 rings (SSSR count). The first-order valence-corrected chi connectivity index (χ1v) is 10.6. The van der Waals surface area contributed by atoms with Crippen LogP contribution in [-0.4, -0.2) is 36.6 Å². The number of aromatic carboxylic acids is 1. The Kier molecular flexibility index (Phi) is 6.05. The van der Waals surface area contributed by atoms with Crippen molar-refractivity contribution < 1.29 is 27.5 Å². The summed E-state index contributed by atoms with van der Waals surface area (Å²) in [6.45, 7) is 1.90. The quantitative estimate of drug-likeness (QED) is 0.549. The van der Waals surface area contributed by atoms with E-state index < -0.39 is 23.1 Å². The lowest BCUT2D eigenvalue weighted by molar-refractivity contribution is -0.0225. The molecule has 1 aromatic heterocycles. The van der Waals surface area contributed by atoms with E-state index in [1.54, 1.807) is 30.0 Å². The number of alkyl halides is 2. The lowest BCUT2D eigenvalue weighted by atomic mass is 10.0. The number of carboxylic acid groups (broad SMARTS) is 1. The summed E-state index contributed by atoms with van der Waals surface area (Å²) in [5.41, 5.74) is 0.982. The minimum atomic E-state index is -2.74. The SMILES string of the molecule is Cc1c(N2CCC(F)(F)CC2)oc2c(CCNc3ccccc3C(=O)O)cc(F)cc2c1=O. The monoisotopic (exact) mass is 460 g/mol. The normalized spacial score (nSPS) is 15.6. The number of hydrogen-bond acceptors (Lipinski definition) is 5. The second kappa shape index (κ2) is 8.80. The number of para-hydroxylation sites is 1. The van der Waals surface area contributed by atoms with E-state index in [-0.39, 0.29) is 66.9 Å². The molecule has 1 saturated heterocycles. The Hall–Kier alpha value is -3.49. The Labute approximate surface area is 187 Å². The molecule has 2 aromatic carbocycles. The van der Waals surface area contributed by atoms with Crippen molar-refractivity contribution in [3.8, 4) is 0 Å². The highest BCUT2D eigenvalue weighted by Gasteiger charge is 2.35. The van der Waals surface area contributed by atoms with Crippen LogP contribution in [0.3, 0.4) is 0 Å². The fourth-order valence-corrected chi connectivity index (χ4v) is 4.09. The maximum Gasteiger partial charge on any atom is 0.337 e. The Morgan fingerprint density at radius 2 is 1.91 bits per heavy atom. The molecular weight excluding hydrogens is 437 g/mol. The van der Waals surface area contributed by atoms with E-state index in [4.69, 9.17) is 4.42 Å². The van der Waals surface area contributed by atoms with Crippen LogP contribution in [0.1, 0.15) is 34.3 Å². The number of anilines is 2. The molecule has 0 unspecified atom stereocenters. The average molecular weight is 460 g/mol. The van der Waals surface area contributed by atoms with Crippen molar-refractivity contribution in [2.45, 2.75) is 32.1 Å². The molecular formula is C24H23F3N2O4. The topological polar surface area (TPSA) is 82.8 Å². The highest BCUT2D eigenvalue weighted by atomic mass is 19.3. The first-order valence-electron chi connectivity index (χ1n) is 10.6. The van der Waals surface area contributed by atoms with E-state index in [0.29, 0.717) is 11.3 Å². The molecule has 6 nitrogen and oxygen atoms in total. The first-order chi connectivity index (χ1) is 15.7. The fraction of sp³-hybridized carbons (Fsp3) is 0.333. The molecule has 3 aromatic rings. The number of benzene rings is 2. The van der Waals surface area contributed by atoms with Gasteiger partial charge in [-0.25, -0.2) is 18.0 Å². The lowest BCUT2D eigenvalue weighted by Gasteiger charge is -2.32. The Morgan fingerprint density at radius 1 is 1.21 bits per heavy atom. The first kappa shape index (κ1) is 22.7. The molecule has 9 heteroatoms. The molecule has 0 radical (unpaired) electrons. The van der Waals surface area contributed by atoms with Gasteiger partial charge in [0.25, 0.3) is 5.92 Å². The van der Waals surface area contributed by atoms with Gasteiger partial charge in [0, 0.05) is 43.7 Å². The van der Waals surface area contributed by atoms with Crippen LogP contribution in [0.15, 0.2) is 45.6 Å². The molecule has 0 bridgehead atoms. The van der Waals surface area contributed by atoms with Crippen LogP contribution < -0.4 is 15.6 Å². The number of halogens is 3. The summed E-state index contributed by atoms with van der Waals surface area (Å²) in [4.78, 5) is 26.0. The summed E-state index contributed by atoms with van der Waals surface area (Å²) >= 11 is 0. The third kappa shape index (κ3) is 4.67. The molecule has 1 fully saturated rings. The van der Waals surface area contributed by atoms with E-state index in [1.165, 1.54) is 12.1 Å². The molecule has 1 aliphatic heterocycles. The van der Waals surface area contributed by atoms with Gasteiger partial charge in [-0.05, 0) is 37.6 Å². The van der Waals surface area contributed by atoms with Gasteiger partial charge < -0.3 is 19.7 Å². The van der Waals surface area contributed by atoms with Crippen LogP contribution in [0.25, 0.3) is 11.0 Å². The number of carboxylic acids is 1. The molecule has 1 aliphatic rings. The van der Waals surface area contributed by atoms with E-state index in [2.05, 4.69) is 5.32 Å². The number of fused-ring (bicyclic) bond motifs is 1. The van der Waals surface area contributed by atoms with Crippen LogP contribution >= 0.6 is 0 Å². The number of carbonyl (C=O) groups is 1. The maximum atomic E-state index is 14.3. The zero-order chi connectivity index (χ0) is 23.8. The van der Waals surface area contributed by atoms with Crippen molar-refractivity contribution in [1.82, 2.24) is 0 Å². The number of nitrogens with zero attached hydrogens (tertiary/aromatic N) is 1. The van der Waals surface area contributed by atoms with Crippen molar-refractivity contribution in [3.05, 3.63) is 69.1 Å². The van der Waals surface area contributed by atoms with Gasteiger partial charge in [-0.2, -0.15) is 0 Å². The van der Waals surface area contributed by atoms with E-state index in [0.717, 1.165) is 6.07 Å². The van der Waals surface area contributed by atoms with Crippen molar-refractivity contribution in [2.24, 2.45) is 0 Å². The summed E-state index contributed by atoms with van der Waals surface area (Å²) in [6.07, 6.45) is -0.430. The molecule has 0 atom stereocenters. The highest BCUT2D eigenvalue weighted by molar-refractivity contribution is 5.94. The molecule has 0 spiro atoms. The van der Waals surface area contributed by atoms with Gasteiger partial charge in [0.15, 0.2) is 5.43 Å². The zero-order valence-corrected chi connectivity index (χ0v) is 18.0. The second-order valence-corrected chi connectivity index (χ2v) is 8.17. The summed E-state index contributed by atoms with van der Waals surface area (Å²) in [7, 11) is 0. The van der Waals surface area contributed by atoms with E-state index in [9.17, 15) is 27.9 Å². The van der Waals surface area contributed by atoms with Crippen molar-refractivity contribution >= 4 is 28.5 Å². The van der Waals surface area contributed by atoms with Crippen LogP contribution in [0, 0.1) is 12.7 Å². The average Bonchev–Trinajstić information content (AvgIpc) is 2.77. The highest BCUT2D eigenvalue weighted by Crippen LogP contribution is 2.33. The molecule has 0 aliphatic carbocycles. The molecule has 0 saturated carbocycles. The third-order valence-corrected chi connectivity index (χ3v) is 5.88. The molecule has 33 heavy (non-hydrogen) atoms. The van der Waals surface area contributed by atoms with E-state index in [1.807, 2.05) is 0 Å². The molecule has 0 amide bonds. The summed E-state index contributed by atoms with van der Waals surface area (Å²) in [5, 5.41) is 12.4. The van der Waals surface area contributed by atoms with Gasteiger partial charge in [-0.1, -0.05) is 12.1 Å². The van der Waals surface area contributed by atoms with Gasteiger partial charge in [0.05, 0.1) is 16.5 Å². The maximum absolute atomic E-state index is 14.3. The Balaban J connectivity index is 1.65. The number of piperidine rings is 1. The standard InChI is InChI=1S/C24H23F3N2O4/c1-14-20(30)18-13-16(25)12-15(6-9-28-19-5-3-2-4-17(19)23(31)32)21(18)33-22(14)29-10-7-24(26,27)8-11-29/h2-5,12-13,28H,6-11H2,1H3,(H,31,32). The van der Waals surface area contributed by atoms with Gasteiger partial charge >= 0.3 is 5.97 Å². The van der Waals surface area contributed by atoms with Gasteiger partial charge in [-0.15, -0.1) is 0 Å². The predicted molar refractivity (Wildman–Crippen MR) is 119 cm³/mol. The molecule has 2 N–H and O–H groups in total. The largest absolute Gasteiger partial charge is 0.478 e. The Morgan fingerprint density at radius 3 is 2.61 bits per heavy atom. The predicted octanol–water partition coefficient (Wildman–Crippen LogP) is 4.83. The van der Waals surface area contributed by atoms with Crippen LogP contribution in [-0.2, 0) is 6.42 Å². The summed E-state index contributed by atoms with van der Waals surface area (Å²) < 4.78 is 47.5. The minimum Gasteiger partial charge on any atom is -0.478 e. The fourth-order valence-electron chi connectivity index (χ4n) is 4.09. The number of hydrogen-bond donors (Lipinski definition) is 2. The number of nitrogens with one attached hydrogen (secondary N) is 1. The lowest BCUT2D eigenvalue weighted by Crippen LogP contribution is -2.40. The summed E-state index contributed by atoms with van der Waals surface area (Å²) in [6, 6.07) is 8.78. The second-order valence-electron chi connectivity index (χ2n) is 8.17. The van der Waals surface area contributed by atoms with Crippen LogP contribution in [0.2, 0.25) is 0 Å². The number of rotatable bonds is 6. The zero-order valence-electron chi connectivity index (χ0n) is 18.0. The van der Waals surface area contributed by atoms with Gasteiger partial charge in [-0.3, -0.25) is 4.79 Å². The summed E-state index contributed by atoms with van der Waals surface area (Å²) in [5.74, 6) is -4.19.